The van der Waals surface area contributed by atoms with Crippen molar-refractivity contribution in [2.75, 3.05) is 5.32 Å². The SMILES string of the molecule is O=C(Nc1nc(-c2ccc(F)c(F)c2)cs1)c1nc(Cl)ccc1Cl. The maximum Gasteiger partial charge on any atom is 0.277 e. The van der Waals surface area contributed by atoms with Crippen molar-refractivity contribution >= 4 is 45.6 Å². The number of nitrogens with one attached hydrogen (secondary N) is 1. The summed E-state index contributed by atoms with van der Waals surface area (Å²) in [6.45, 7) is 0. The van der Waals surface area contributed by atoms with E-state index < -0.39 is 17.5 Å². The quantitative estimate of drug-likeness (QED) is 0.642. The van der Waals surface area contributed by atoms with Gasteiger partial charge < -0.3 is 0 Å². The minimum Gasteiger partial charge on any atom is -0.296 e. The Morgan fingerprint density at radius 1 is 1.08 bits per heavy atom. The van der Waals surface area contributed by atoms with Gasteiger partial charge in [-0.2, -0.15) is 0 Å². The van der Waals surface area contributed by atoms with Crippen LogP contribution >= 0.6 is 34.5 Å². The van der Waals surface area contributed by atoms with Crippen LogP contribution in [-0.2, 0) is 0 Å². The van der Waals surface area contributed by atoms with Crippen LogP contribution in [0.4, 0.5) is 13.9 Å². The minimum atomic E-state index is -0.971. The molecule has 1 aromatic carbocycles. The van der Waals surface area contributed by atoms with Gasteiger partial charge in [-0.3, -0.25) is 10.1 Å². The summed E-state index contributed by atoms with van der Waals surface area (Å²) in [6, 6.07) is 6.36. The van der Waals surface area contributed by atoms with E-state index in [2.05, 4.69) is 15.3 Å². The highest BCUT2D eigenvalue weighted by Crippen LogP contribution is 2.27. The molecule has 24 heavy (non-hydrogen) atoms. The van der Waals surface area contributed by atoms with Gasteiger partial charge in [0.25, 0.3) is 5.91 Å². The first-order valence-electron chi connectivity index (χ1n) is 6.48. The largest absolute Gasteiger partial charge is 0.296 e. The maximum atomic E-state index is 13.3. The molecule has 2 aromatic heterocycles. The number of hydrogen-bond acceptors (Lipinski definition) is 4. The number of halogens is 4. The number of thiazole rings is 1. The third-order valence-corrected chi connectivity index (χ3v) is 4.24. The van der Waals surface area contributed by atoms with E-state index in [9.17, 15) is 13.6 Å². The molecular formula is C15H7Cl2F2N3OS. The number of carbonyl (C=O) groups excluding carboxylic acids is 1. The van der Waals surface area contributed by atoms with E-state index in [1.807, 2.05) is 0 Å². The van der Waals surface area contributed by atoms with Crippen LogP contribution in [0.5, 0.6) is 0 Å². The van der Waals surface area contributed by atoms with E-state index >= 15 is 0 Å². The third-order valence-electron chi connectivity index (χ3n) is 2.97. The van der Waals surface area contributed by atoms with Gasteiger partial charge in [0, 0.05) is 10.9 Å². The van der Waals surface area contributed by atoms with E-state index in [0.29, 0.717) is 11.3 Å². The summed E-state index contributed by atoms with van der Waals surface area (Å²) in [5, 5.41) is 4.68. The third kappa shape index (κ3) is 3.53. The van der Waals surface area contributed by atoms with Crippen LogP contribution in [-0.4, -0.2) is 15.9 Å². The second-order valence-electron chi connectivity index (χ2n) is 4.59. The number of carbonyl (C=O) groups is 1. The molecule has 0 saturated heterocycles. The number of aromatic nitrogens is 2. The lowest BCUT2D eigenvalue weighted by molar-refractivity contribution is 0.102. The normalized spacial score (nSPS) is 10.7. The lowest BCUT2D eigenvalue weighted by atomic mass is 10.2. The highest BCUT2D eigenvalue weighted by atomic mass is 35.5. The standard InChI is InChI=1S/C15H7Cl2F2N3OS/c16-8-2-4-12(17)21-13(8)14(23)22-15-20-11(6-24-15)7-1-3-9(18)10(19)5-7/h1-6H,(H,20,22,23). The van der Waals surface area contributed by atoms with Gasteiger partial charge >= 0.3 is 0 Å². The summed E-state index contributed by atoms with van der Waals surface area (Å²) in [5.74, 6) is -2.49. The fourth-order valence-corrected chi connectivity index (χ4v) is 2.91. The molecule has 0 fully saturated rings. The van der Waals surface area contributed by atoms with Gasteiger partial charge in [-0.15, -0.1) is 11.3 Å². The predicted octanol–water partition coefficient (Wildman–Crippen LogP) is 5.04. The van der Waals surface area contributed by atoms with E-state index in [0.717, 1.165) is 23.5 Å². The summed E-state index contributed by atoms with van der Waals surface area (Å²) in [6.07, 6.45) is 0. The molecule has 0 aliphatic rings. The lowest BCUT2D eigenvalue weighted by Crippen LogP contribution is -2.14. The summed E-state index contributed by atoms with van der Waals surface area (Å²) < 4.78 is 26.3. The molecule has 0 aliphatic heterocycles. The highest BCUT2D eigenvalue weighted by Gasteiger charge is 2.15. The van der Waals surface area contributed by atoms with E-state index in [1.165, 1.54) is 18.2 Å². The molecule has 1 N–H and O–H groups in total. The second kappa shape index (κ2) is 6.80. The molecule has 3 rings (SSSR count). The predicted molar refractivity (Wildman–Crippen MR) is 89.7 cm³/mol. The van der Waals surface area contributed by atoms with Gasteiger partial charge in [-0.25, -0.2) is 18.7 Å². The number of hydrogen-bond donors (Lipinski definition) is 1. The van der Waals surface area contributed by atoms with Gasteiger partial charge in [0.2, 0.25) is 0 Å². The first-order chi connectivity index (χ1) is 11.4. The van der Waals surface area contributed by atoms with Crippen molar-refractivity contribution in [3.8, 4) is 11.3 Å². The van der Waals surface area contributed by atoms with Crippen molar-refractivity contribution < 1.29 is 13.6 Å². The average molecular weight is 386 g/mol. The Labute approximate surface area is 149 Å². The summed E-state index contributed by atoms with van der Waals surface area (Å²) in [5.41, 5.74) is 0.762. The Morgan fingerprint density at radius 3 is 2.62 bits per heavy atom. The Bertz CT molecular complexity index is 933. The number of amides is 1. The molecule has 0 saturated carbocycles. The van der Waals surface area contributed by atoms with Crippen molar-refractivity contribution in [2.24, 2.45) is 0 Å². The summed E-state index contributed by atoms with van der Waals surface area (Å²) in [4.78, 5) is 20.2. The van der Waals surface area contributed by atoms with Gasteiger partial charge in [0.05, 0.1) is 10.7 Å². The number of rotatable bonds is 3. The van der Waals surface area contributed by atoms with Crippen molar-refractivity contribution in [3.05, 3.63) is 63.2 Å². The smallest absolute Gasteiger partial charge is 0.277 e. The molecule has 0 atom stereocenters. The maximum absolute atomic E-state index is 13.3. The summed E-state index contributed by atoms with van der Waals surface area (Å²) in [7, 11) is 0. The van der Waals surface area contributed by atoms with Gasteiger partial charge in [-0.1, -0.05) is 23.2 Å². The zero-order chi connectivity index (χ0) is 17.3. The molecule has 0 spiro atoms. The van der Waals surface area contributed by atoms with Crippen molar-refractivity contribution in [1.29, 1.82) is 0 Å². The molecule has 4 nitrogen and oxygen atoms in total. The highest BCUT2D eigenvalue weighted by molar-refractivity contribution is 7.14. The van der Waals surface area contributed by atoms with Crippen LogP contribution < -0.4 is 5.32 Å². The molecule has 0 unspecified atom stereocenters. The fraction of sp³-hybridized carbons (Fsp3) is 0. The Hall–Kier alpha value is -2.09. The molecule has 0 bridgehead atoms. The van der Waals surface area contributed by atoms with Gasteiger partial charge in [0.1, 0.15) is 10.8 Å². The molecule has 122 valence electrons. The van der Waals surface area contributed by atoms with Crippen molar-refractivity contribution in [1.82, 2.24) is 9.97 Å². The van der Waals surface area contributed by atoms with Crippen molar-refractivity contribution in [3.63, 3.8) is 0 Å². The van der Waals surface area contributed by atoms with Crippen LogP contribution in [0.3, 0.4) is 0 Å². The molecule has 3 aromatic rings. The summed E-state index contributed by atoms with van der Waals surface area (Å²) >= 11 is 12.8. The average Bonchev–Trinajstić information content (AvgIpc) is 3.00. The van der Waals surface area contributed by atoms with Gasteiger partial charge in [0.15, 0.2) is 16.8 Å². The Kier molecular flexibility index (Phi) is 4.75. The minimum absolute atomic E-state index is 0.0336. The molecule has 1 amide bonds. The van der Waals surface area contributed by atoms with Crippen molar-refractivity contribution in [2.45, 2.75) is 0 Å². The molecule has 9 heteroatoms. The molecule has 0 aliphatic carbocycles. The Balaban J connectivity index is 1.82. The van der Waals surface area contributed by atoms with Gasteiger partial charge in [-0.05, 0) is 30.3 Å². The molecule has 2 heterocycles. The zero-order valence-electron chi connectivity index (χ0n) is 11.7. The Morgan fingerprint density at radius 2 is 1.88 bits per heavy atom. The first kappa shape index (κ1) is 16.8. The van der Waals surface area contributed by atoms with E-state index in [1.54, 1.807) is 5.38 Å². The van der Waals surface area contributed by atoms with Crippen LogP contribution in [0.15, 0.2) is 35.7 Å². The van der Waals surface area contributed by atoms with E-state index in [-0.39, 0.29) is 21.0 Å². The number of anilines is 1. The number of nitrogens with zero attached hydrogens (tertiary/aromatic N) is 2. The topological polar surface area (TPSA) is 54.9 Å². The lowest BCUT2D eigenvalue weighted by Gasteiger charge is -2.03. The van der Waals surface area contributed by atoms with Crippen LogP contribution in [0.1, 0.15) is 10.5 Å². The number of benzene rings is 1. The second-order valence-corrected chi connectivity index (χ2v) is 6.24. The van der Waals surface area contributed by atoms with Crippen LogP contribution in [0.2, 0.25) is 10.2 Å². The monoisotopic (exact) mass is 385 g/mol. The van der Waals surface area contributed by atoms with E-state index in [4.69, 9.17) is 23.2 Å². The molecular weight excluding hydrogens is 379 g/mol. The zero-order valence-corrected chi connectivity index (χ0v) is 14.0. The molecule has 0 radical (unpaired) electrons. The first-order valence-corrected chi connectivity index (χ1v) is 8.12. The van der Waals surface area contributed by atoms with Crippen LogP contribution in [0.25, 0.3) is 11.3 Å². The number of pyridine rings is 1. The fourth-order valence-electron chi connectivity index (χ4n) is 1.85. The van der Waals surface area contributed by atoms with Crippen LogP contribution in [0, 0.1) is 11.6 Å².